The first kappa shape index (κ1) is 18.2. The molecule has 0 unspecified atom stereocenters. The van der Waals surface area contributed by atoms with Crippen molar-refractivity contribution in [1.82, 2.24) is 15.2 Å². The van der Waals surface area contributed by atoms with Crippen LogP contribution in [0.3, 0.4) is 0 Å². The van der Waals surface area contributed by atoms with Crippen LogP contribution < -0.4 is 10.1 Å². The van der Waals surface area contributed by atoms with E-state index >= 15 is 0 Å². The summed E-state index contributed by atoms with van der Waals surface area (Å²) in [5.41, 5.74) is 1.22. The van der Waals surface area contributed by atoms with Crippen LogP contribution in [0.15, 0.2) is 59.9 Å². The predicted molar refractivity (Wildman–Crippen MR) is 106 cm³/mol. The maximum atomic E-state index is 6.09. The third-order valence-electron chi connectivity index (χ3n) is 4.51. The Labute approximate surface area is 156 Å². The maximum Gasteiger partial charge on any atom is 0.193 e. The Balaban J connectivity index is 1.50. The standard InChI is InChI=1S/C21H28N4O/c1-2-23-21(24-14-10-18-7-6-13-22-17-18)25-15-11-20(12-16-25)26-19-8-4-3-5-9-19/h3-9,13,17,20H,2,10-12,14-16H2,1H3,(H,23,24). The van der Waals surface area contributed by atoms with E-state index in [4.69, 9.17) is 9.73 Å². The van der Waals surface area contributed by atoms with E-state index in [-0.39, 0.29) is 6.10 Å². The number of ether oxygens (including phenoxy) is 1. The van der Waals surface area contributed by atoms with Crippen LogP contribution in [0.1, 0.15) is 25.3 Å². The number of para-hydroxylation sites is 1. The Hall–Kier alpha value is -2.56. The molecule has 1 N–H and O–H groups in total. The summed E-state index contributed by atoms with van der Waals surface area (Å²) in [6.07, 6.45) is 6.94. The van der Waals surface area contributed by atoms with Crippen molar-refractivity contribution in [2.75, 3.05) is 26.2 Å². The summed E-state index contributed by atoms with van der Waals surface area (Å²) in [4.78, 5) is 11.3. The molecule has 2 aromatic rings. The predicted octanol–water partition coefficient (Wildman–Crippen LogP) is 3.13. The molecule has 2 heterocycles. The van der Waals surface area contributed by atoms with Gasteiger partial charge in [-0.15, -0.1) is 0 Å². The smallest absolute Gasteiger partial charge is 0.193 e. The number of likely N-dealkylation sites (tertiary alicyclic amines) is 1. The zero-order valence-electron chi connectivity index (χ0n) is 15.5. The summed E-state index contributed by atoms with van der Waals surface area (Å²) >= 11 is 0. The summed E-state index contributed by atoms with van der Waals surface area (Å²) in [5, 5.41) is 3.42. The van der Waals surface area contributed by atoms with Gasteiger partial charge in [0.05, 0.1) is 0 Å². The third-order valence-corrected chi connectivity index (χ3v) is 4.51. The van der Waals surface area contributed by atoms with E-state index in [2.05, 4.69) is 28.2 Å². The number of aromatic nitrogens is 1. The maximum absolute atomic E-state index is 6.09. The third kappa shape index (κ3) is 5.48. The van der Waals surface area contributed by atoms with E-state index in [0.29, 0.717) is 0 Å². The minimum Gasteiger partial charge on any atom is -0.490 e. The molecule has 5 heteroatoms. The fraction of sp³-hybridized carbons (Fsp3) is 0.429. The highest BCUT2D eigenvalue weighted by Crippen LogP contribution is 2.18. The van der Waals surface area contributed by atoms with Gasteiger partial charge in [0.1, 0.15) is 11.9 Å². The van der Waals surface area contributed by atoms with Crippen molar-refractivity contribution in [3.8, 4) is 5.75 Å². The lowest BCUT2D eigenvalue weighted by molar-refractivity contribution is 0.129. The number of piperidine rings is 1. The number of benzene rings is 1. The van der Waals surface area contributed by atoms with Gasteiger partial charge in [-0.1, -0.05) is 24.3 Å². The monoisotopic (exact) mass is 352 g/mol. The van der Waals surface area contributed by atoms with Gasteiger partial charge in [-0.3, -0.25) is 9.98 Å². The number of hydrogen-bond acceptors (Lipinski definition) is 3. The molecule has 138 valence electrons. The van der Waals surface area contributed by atoms with Crippen LogP contribution in [-0.2, 0) is 6.42 Å². The topological polar surface area (TPSA) is 49.8 Å². The van der Waals surface area contributed by atoms with Gasteiger partial charge < -0.3 is 15.0 Å². The van der Waals surface area contributed by atoms with Crippen LogP contribution in [0.5, 0.6) is 5.75 Å². The first-order chi connectivity index (χ1) is 12.8. The number of nitrogens with one attached hydrogen (secondary N) is 1. The average molecular weight is 352 g/mol. The Morgan fingerprint density at radius 2 is 2.00 bits per heavy atom. The summed E-state index contributed by atoms with van der Waals surface area (Å²) < 4.78 is 6.09. The van der Waals surface area contributed by atoms with Crippen molar-refractivity contribution in [1.29, 1.82) is 0 Å². The van der Waals surface area contributed by atoms with Crippen LogP contribution in [-0.4, -0.2) is 48.1 Å². The van der Waals surface area contributed by atoms with Gasteiger partial charge in [0.15, 0.2) is 5.96 Å². The van der Waals surface area contributed by atoms with Crippen LogP contribution in [0, 0.1) is 0 Å². The largest absolute Gasteiger partial charge is 0.490 e. The van der Waals surface area contributed by atoms with Crippen molar-refractivity contribution in [3.05, 3.63) is 60.4 Å². The second-order valence-corrected chi connectivity index (χ2v) is 6.46. The van der Waals surface area contributed by atoms with Gasteiger partial charge in [-0.25, -0.2) is 0 Å². The average Bonchev–Trinajstić information content (AvgIpc) is 2.70. The summed E-state index contributed by atoms with van der Waals surface area (Å²) in [6, 6.07) is 14.2. The lowest BCUT2D eigenvalue weighted by Crippen LogP contribution is -2.47. The van der Waals surface area contributed by atoms with Crippen LogP contribution >= 0.6 is 0 Å². The molecule has 3 rings (SSSR count). The number of pyridine rings is 1. The van der Waals surface area contributed by atoms with Gasteiger partial charge in [0, 0.05) is 51.4 Å². The van der Waals surface area contributed by atoms with E-state index in [9.17, 15) is 0 Å². The van der Waals surface area contributed by atoms with Crippen molar-refractivity contribution in [3.63, 3.8) is 0 Å². The Morgan fingerprint density at radius 3 is 2.69 bits per heavy atom. The summed E-state index contributed by atoms with van der Waals surface area (Å²) in [6.45, 7) is 5.70. The zero-order valence-corrected chi connectivity index (χ0v) is 15.5. The molecule has 0 saturated carbocycles. The molecule has 1 saturated heterocycles. The van der Waals surface area contributed by atoms with Crippen LogP contribution in [0.25, 0.3) is 0 Å². The number of guanidine groups is 1. The number of hydrogen-bond donors (Lipinski definition) is 1. The fourth-order valence-electron chi connectivity index (χ4n) is 3.14. The molecule has 1 fully saturated rings. The molecule has 0 aliphatic carbocycles. The van der Waals surface area contributed by atoms with Gasteiger partial charge in [0.2, 0.25) is 0 Å². The normalized spacial score (nSPS) is 15.7. The zero-order chi connectivity index (χ0) is 18.0. The molecule has 1 aliphatic heterocycles. The van der Waals surface area contributed by atoms with Crippen molar-refractivity contribution < 1.29 is 4.74 Å². The molecule has 26 heavy (non-hydrogen) atoms. The molecule has 0 amide bonds. The van der Waals surface area contributed by atoms with E-state index < -0.39 is 0 Å². The van der Waals surface area contributed by atoms with Gasteiger partial charge >= 0.3 is 0 Å². The quantitative estimate of drug-likeness (QED) is 0.641. The molecule has 0 bridgehead atoms. The van der Waals surface area contributed by atoms with Gasteiger partial charge in [0.25, 0.3) is 0 Å². The van der Waals surface area contributed by atoms with E-state index in [0.717, 1.165) is 57.2 Å². The molecule has 0 radical (unpaired) electrons. The number of aliphatic imine (C=N–C) groups is 1. The molecule has 0 atom stereocenters. The first-order valence-electron chi connectivity index (χ1n) is 9.49. The minimum atomic E-state index is 0.284. The first-order valence-corrected chi connectivity index (χ1v) is 9.49. The summed E-state index contributed by atoms with van der Waals surface area (Å²) in [7, 11) is 0. The van der Waals surface area contributed by atoms with E-state index in [1.807, 2.05) is 42.6 Å². The number of nitrogens with zero attached hydrogens (tertiary/aromatic N) is 3. The van der Waals surface area contributed by atoms with Gasteiger partial charge in [-0.2, -0.15) is 0 Å². The van der Waals surface area contributed by atoms with E-state index in [1.54, 1.807) is 6.20 Å². The van der Waals surface area contributed by atoms with Crippen molar-refractivity contribution in [2.24, 2.45) is 4.99 Å². The van der Waals surface area contributed by atoms with Crippen molar-refractivity contribution >= 4 is 5.96 Å². The molecule has 1 aromatic carbocycles. The fourth-order valence-corrected chi connectivity index (χ4v) is 3.14. The highest BCUT2D eigenvalue weighted by molar-refractivity contribution is 5.80. The molecular formula is C21H28N4O. The molecule has 5 nitrogen and oxygen atoms in total. The minimum absolute atomic E-state index is 0.284. The van der Waals surface area contributed by atoms with Crippen LogP contribution in [0.2, 0.25) is 0 Å². The molecule has 1 aliphatic rings. The molecular weight excluding hydrogens is 324 g/mol. The second-order valence-electron chi connectivity index (χ2n) is 6.46. The molecule has 0 spiro atoms. The van der Waals surface area contributed by atoms with E-state index in [1.165, 1.54) is 5.56 Å². The Kier molecular flexibility index (Phi) is 6.88. The SMILES string of the molecule is CCNC(=NCCc1cccnc1)N1CCC(Oc2ccccc2)CC1. The molecule has 1 aromatic heterocycles. The number of rotatable bonds is 6. The lowest BCUT2D eigenvalue weighted by atomic mass is 10.1. The summed E-state index contributed by atoms with van der Waals surface area (Å²) in [5.74, 6) is 1.97. The van der Waals surface area contributed by atoms with Crippen molar-refractivity contribution in [2.45, 2.75) is 32.3 Å². The van der Waals surface area contributed by atoms with Crippen LogP contribution in [0.4, 0.5) is 0 Å². The highest BCUT2D eigenvalue weighted by atomic mass is 16.5. The second kappa shape index (κ2) is 9.80. The Bertz CT molecular complexity index is 667. The van der Waals surface area contributed by atoms with Gasteiger partial charge in [-0.05, 0) is 37.1 Å². The Morgan fingerprint density at radius 1 is 1.19 bits per heavy atom. The highest BCUT2D eigenvalue weighted by Gasteiger charge is 2.22. The lowest BCUT2D eigenvalue weighted by Gasteiger charge is -2.34.